The zero-order chi connectivity index (χ0) is 36.1. The molecule has 1 aromatic rings. The van der Waals surface area contributed by atoms with E-state index in [0.29, 0.717) is 44.8 Å². The number of likely N-dealkylation sites (tertiary alicyclic amines) is 1. The molecule has 3 saturated heterocycles. The van der Waals surface area contributed by atoms with Gasteiger partial charge >= 0.3 is 12.1 Å². The van der Waals surface area contributed by atoms with Gasteiger partial charge in [0.15, 0.2) is 5.60 Å². The van der Waals surface area contributed by atoms with Crippen molar-refractivity contribution in [3.8, 4) is 0 Å². The number of hydrogen-bond donors (Lipinski definition) is 6. The zero-order valence-electron chi connectivity index (χ0n) is 29.0. The van der Waals surface area contributed by atoms with Gasteiger partial charge < -0.3 is 50.2 Å². The number of aliphatic hydroxyl groups excluding tert-OH is 3. The van der Waals surface area contributed by atoms with Crippen LogP contribution in [0.15, 0.2) is 24.3 Å². The number of hydrogen-bond acceptors (Lipinski definition) is 11. The fourth-order valence-corrected chi connectivity index (χ4v) is 6.88. The first kappa shape index (κ1) is 38.5. The summed E-state index contributed by atoms with van der Waals surface area (Å²) in [6.07, 6.45) is -6.13. The van der Waals surface area contributed by atoms with Crippen molar-refractivity contribution in [1.29, 1.82) is 0 Å². The van der Waals surface area contributed by atoms with Crippen molar-refractivity contribution in [2.75, 3.05) is 45.9 Å². The number of amides is 3. The Labute approximate surface area is 286 Å². The third kappa shape index (κ3) is 9.27. The van der Waals surface area contributed by atoms with Gasteiger partial charge in [0, 0.05) is 58.1 Å². The molecule has 4 rings (SSSR count). The number of rotatable bonds is 11. The number of carboxylic acids is 1. The topological polar surface area (TPSA) is 207 Å². The Balaban J connectivity index is 1.50. The van der Waals surface area contributed by atoms with Gasteiger partial charge in [-0.2, -0.15) is 0 Å². The maximum atomic E-state index is 12.9. The van der Waals surface area contributed by atoms with Gasteiger partial charge in [0.1, 0.15) is 17.8 Å². The highest BCUT2D eigenvalue weighted by Gasteiger charge is 2.55. The van der Waals surface area contributed by atoms with Gasteiger partial charge in [-0.15, -0.1) is 0 Å². The average molecular weight is 693 g/mol. The van der Waals surface area contributed by atoms with Crippen molar-refractivity contribution in [3.63, 3.8) is 0 Å². The van der Waals surface area contributed by atoms with Crippen molar-refractivity contribution in [2.24, 2.45) is 0 Å². The standard InChI is InChI=1S/C34H52N4O11/c1-6-22-8-7-9-23(16-22)29(43)35-18-25(41)27(42)28-26(36-21(2)39)24(40)17-34(48-28,30(44)45)11-13-38-14-15-47-20-33(38)10-12-37(19-33)31(46)49-32(3,4)5/h7-9,16,24-28,40-42H,6,10-15,17-20H2,1-5H3,(H,35,43)(H,36,39)(H,44,45)/t24-,25+,26+,27+,28+,33-,34+/m0/s1. The summed E-state index contributed by atoms with van der Waals surface area (Å²) in [5.41, 5.74) is -1.96. The van der Waals surface area contributed by atoms with E-state index in [9.17, 15) is 39.6 Å². The van der Waals surface area contributed by atoms with Crippen LogP contribution in [0.3, 0.4) is 0 Å². The van der Waals surface area contributed by atoms with Crippen LogP contribution in [0.4, 0.5) is 4.79 Å². The van der Waals surface area contributed by atoms with Gasteiger partial charge in [-0.25, -0.2) is 9.59 Å². The molecule has 7 atom stereocenters. The molecule has 0 radical (unpaired) electrons. The smallest absolute Gasteiger partial charge is 0.410 e. The number of aliphatic carboxylic acids is 1. The summed E-state index contributed by atoms with van der Waals surface area (Å²) in [7, 11) is 0. The quantitative estimate of drug-likeness (QED) is 0.185. The summed E-state index contributed by atoms with van der Waals surface area (Å²) < 4.78 is 17.5. The molecule has 0 saturated carbocycles. The third-order valence-corrected chi connectivity index (χ3v) is 9.55. The zero-order valence-corrected chi connectivity index (χ0v) is 29.0. The Hall–Kier alpha value is -3.34. The number of nitrogens with one attached hydrogen (secondary N) is 2. The molecule has 0 unspecified atom stereocenters. The number of nitrogens with zero attached hydrogens (tertiary/aromatic N) is 2. The molecule has 0 aliphatic carbocycles. The van der Waals surface area contributed by atoms with Gasteiger partial charge in [0.2, 0.25) is 5.91 Å². The number of aryl methyl sites for hydroxylation is 1. The monoisotopic (exact) mass is 692 g/mol. The summed E-state index contributed by atoms with van der Waals surface area (Å²) in [5, 5.41) is 49.2. The number of carbonyl (C=O) groups excluding carboxylic acids is 3. The minimum Gasteiger partial charge on any atom is -0.479 e. The van der Waals surface area contributed by atoms with Crippen molar-refractivity contribution < 1.29 is 53.8 Å². The van der Waals surface area contributed by atoms with E-state index >= 15 is 0 Å². The number of carboxylic acid groups (broad SMARTS) is 1. The van der Waals surface area contributed by atoms with Crippen LogP contribution in [0.5, 0.6) is 0 Å². The second kappa shape index (κ2) is 15.7. The maximum Gasteiger partial charge on any atom is 0.410 e. The molecule has 49 heavy (non-hydrogen) atoms. The number of benzene rings is 1. The molecular formula is C34H52N4O11. The molecule has 3 heterocycles. The van der Waals surface area contributed by atoms with Crippen LogP contribution in [-0.4, -0.2) is 147 Å². The molecule has 3 aliphatic rings. The predicted octanol–water partition coefficient (Wildman–Crippen LogP) is 0.280. The molecule has 0 bridgehead atoms. The third-order valence-electron chi connectivity index (χ3n) is 9.55. The highest BCUT2D eigenvalue weighted by Crippen LogP contribution is 2.38. The molecule has 15 nitrogen and oxygen atoms in total. The molecule has 6 N–H and O–H groups in total. The highest BCUT2D eigenvalue weighted by molar-refractivity contribution is 5.94. The first-order chi connectivity index (χ1) is 23.0. The summed E-state index contributed by atoms with van der Waals surface area (Å²) in [5.74, 6) is -2.42. The predicted molar refractivity (Wildman–Crippen MR) is 176 cm³/mol. The fraction of sp³-hybridized carbons (Fsp3) is 0.706. The number of carbonyl (C=O) groups is 4. The Kier molecular flexibility index (Phi) is 12.3. The lowest BCUT2D eigenvalue weighted by Gasteiger charge is -2.49. The molecule has 3 aliphatic heterocycles. The Bertz CT molecular complexity index is 1360. The molecule has 1 aromatic carbocycles. The van der Waals surface area contributed by atoms with Crippen molar-refractivity contribution >= 4 is 23.9 Å². The summed E-state index contributed by atoms with van der Waals surface area (Å²) in [4.78, 5) is 54.3. The summed E-state index contributed by atoms with van der Waals surface area (Å²) in [6, 6.07) is 5.70. The number of aliphatic hydroxyl groups is 3. The van der Waals surface area contributed by atoms with E-state index in [0.717, 1.165) is 12.0 Å². The van der Waals surface area contributed by atoms with Crippen LogP contribution in [0.1, 0.15) is 69.8 Å². The van der Waals surface area contributed by atoms with Crippen LogP contribution in [-0.2, 0) is 30.2 Å². The van der Waals surface area contributed by atoms with E-state index in [4.69, 9.17) is 14.2 Å². The average Bonchev–Trinajstić information content (AvgIpc) is 3.47. The second-order valence-electron chi connectivity index (χ2n) is 14.4. The Morgan fingerprint density at radius 1 is 1.16 bits per heavy atom. The molecule has 0 aromatic heterocycles. The fourth-order valence-electron chi connectivity index (χ4n) is 6.88. The van der Waals surface area contributed by atoms with Crippen molar-refractivity contribution in [2.45, 2.75) is 108 Å². The molecule has 1 spiro atoms. The largest absolute Gasteiger partial charge is 0.479 e. The van der Waals surface area contributed by atoms with Crippen LogP contribution in [0, 0.1) is 0 Å². The van der Waals surface area contributed by atoms with Gasteiger partial charge in [-0.3, -0.25) is 14.5 Å². The minimum atomic E-state index is -2.01. The molecule has 3 amide bonds. The second-order valence-corrected chi connectivity index (χ2v) is 14.4. The maximum absolute atomic E-state index is 12.9. The lowest BCUT2D eigenvalue weighted by atomic mass is 9.81. The first-order valence-corrected chi connectivity index (χ1v) is 16.9. The number of ether oxygens (including phenoxy) is 3. The van der Waals surface area contributed by atoms with Crippen molar-refractivity contribution in [3.05, 3.63) is 35.4 Å². The lowest BCUT2D eigenvalue weighted by molar-refractivity contribution is -0.231. The van der Waals surface area contributed by atoms with Crippen LogP contribution >= 0.6 is 0 Å². The van der Waals surface area contributed by atoms with Crippen LogP contribution in [0.2, 0.25) is 0 Å². The highest BCUT2D eigenvalue weighted by atomic mass is 16.6. The number of morpholine rings is 1. The molecular weight excluding hydrogens is 640 g/mol. The van der Waals surface area contributed by atoms with Gasteiger partial charge in [-0.1, -0.05) is 19.1 Å². The lowest BCUT2D eigenvalue weighted by Crippen LogP contribution is -2.68. The van der Waals surface area contributed by atoms with E-state index in [1.807, 2.05) is 13.0 Å². The first-order valence-electron chi connectivity index (χ1n) is 16.9. The molecule has 274 valence electrons. The van der Waals surface area contributed by atoms with Gasteiger partial charge in [0.05, 0.1) is 37.0 Å². The van der Waals surface area contributed by atoms with Crippen molar-refractivity contribution in [1.82, 2.24) is 20.4 Å². The molecule has 15 heteroatoms. The molecule has 3 fully saturated rings. The SMILES string of the molecule is CCc1cccc(C(=O)NC[C@@H](O)[C@@H](O)[C@@H]2O[C@@](CCN3CCOC[C@@]34CCN(C(=O)OC(C)(C)C)C4)(C(=O)O)C[C@H](O)[C@H]2NC(C)=O)c1. The Morgan fingerprint density at radius 2 is 1.90 bits per heavy atom. The van der Waals surface area contributed by atoms with E-state index in [1.54, 1.807) is 43.9 Å². The van der Waals surface area contributed by atoms with Gasteiger partial charge in [-0.05, 0) is 51.3 Å². The van der Waals surface area contributed by atoms with Gasteiger partial charge in [0.25, 0.3) is 5.91 Å². The van der Waals surface area contributed by atoms with Crippen LogP contribution < -0.4 is 10.6 Å². The van der Waals surface area contributed by atoms with E-state index < -0.39 is 84.0 Å². The minimum absolute atomic E-state index is 0.121. The normalized spacial score (nSPS) is 28.9. The summed E-state index contributed by atoms with van der Waals surface area (Å²) in [6.45, 7) is 10.2. The van der Waals surface area contributed by atoms with E-state index in [2.05, 4.69) is 15.5 Å². The Morgan fingerprint density at radius 3 is 2.55 bits per heavy atom. The summed E-state index contributed by atoms with van der Waals surface area (Å²) >= 11 is 0. The van der Waals surface area contributed by atoms with E-state index in [-0.39, 0.29) is 13.0 Å². The van der Waals surface area contributed by atoms with E-state index in [1.165, 1.54) is 6.92 Å². The van der Waals surface area contributed by atoms with Crippen LogP contribution in [0.25, 0.3) is 0 Å².